The van der Waals surface area contributed by atoms with Crippen LogP contribution in [-0.4, -0.2) is 29.8 Å². The Kier molecular flexibility index (Phi) is 4.74. The summed E-state index contributed by atoms with van der Waals surface area (Å²) in [6, 6.07) is 16.9. The molecule has 0 bridgehead atoms. The molecule has 2 aromatic rings. The molecule has 0 radical (unpaired) electrons. The van der Waals surface area contributed by atoms with Crippen LogP contribution in [0.1, 0.15) is 30.5 Å². The Morgan fingerprint density at radius 2 is 2.00 bits per heavy atom. The van der Waals surface area contributed by atoms with Gasteiger partial charge in [-0.3, -0.25) is 9.98 Å². The van der Waals surface area contributed by atoms with Crippen molar-refractivity contribution in [3.63, 3.8) is 0 Å². The van der Waals surface area contributed by atoms with Crippen LogP contribution in [0.15, 0.2) is 59.7 Å². The summed E-state index contributed by atoms with van der Waals surface area (Å²) < 4.78 is 0. The van der Waals surface area contributed by atoms with E-state index in [0.29, 0.717) is 6.04 Å². The van der Waals surface area contributed by atoms with Gasteiger partial charge in [0.1, 0.15) is 0 Å². The second-order valence-corrected chi connectivity index (χ2v) is 5.39. The summed E-state index contributed by atoms with van der Waals surface area (Å²) in [6.07, 6.45) is 5.50. The van der Waals surface area contributed by atoms with E-state index in [2.05, 4.69) is 22.4 Å². The standard InChI is InChI=1S/C18H21N3/c1-2-7-15(8-3-1)18(17-10-4-5-12-20-17)21-14-11-16-9-6-13-19-16/h1-5,7-8,10,12,16,19H,6,9,11,13-14H2. The second kappa shape index (κ2) is 7.14. The lowest BCUT2D eigenvalue weighted by Gasteiger charge is -2.10. The predicted octanol–water partition coefficient (Wildman–Crippen LogP) is 3.06. The molecule has 1 saturated heterocycles. The first-order chi connectivity index (χ1) is 10.4. The van der Waals surface area contributed by atoms with Crippen LogP contribution in [0.25, 0.3) is 0 Å². The number of rotatable bonds is 5. The van der Waals surface area contributed by atoms with Gasteiger partial charge in [0.05, 0.1) is 11.4 Å². The molecule has 108 valence electrons. The maximum atomic E-state index is 4.84. The lowest BCUT2D eigenvalue weighted by atomic mass is 10.1. The molecule has 1 fully saturated rings. The minimum Gasteiger partial charge on any atom is -0.314 e. The van der Waals surface area contributed by atoms with Crippen molar-refractivity contribution in [1.82, 2.24) is 10.3 Å². The van der Waals surface area contributed by atoms with Gasteiger partial charge in [-0.05, 0) is 37.9 Å². The molecule has 1 N–H and O–H groups in total. The van der Waals surface area contributed by atoms with Crippen molar-refractivity contribution in [1.29, 1.82) is 0 Å². The Labute approximate surface area is 126 Å². The highest BCUT2D eigenvalue weighted by Crippen LogP contribution is 2.12. The maximum absolute atomic E-state index is 4.84. The molecule has 3 heteroatoms. The Hall–Kier alpha value is -2.00. The number of hydrogen-bond acceptors (Lipinski definition) is 3. The third-order valence-electron chi connectivity index (χ3n) is 3.86. The monoisotopic (exact) mass is 279 g/mol. The van der Waals surface area contributed by atoms with Gasteiger partial charge in [-0.15, -0.1) is 0 Å². The average Bonchev–Trinajstić information content (AvgIpc) is 3.07. The zero-order valence-corrected chi connectivity index (χ0v) is 12.2. The number of aromatic nitrogens is 1. The summed E-state index contributed by atoms with van der Waals surface area (Å²) in [5.74, 6) is 0. The van der Waals surface area contributed by atoms with Gasteiger partial charge in [0.15, 0.2) is 0 Å². The maximum Gasteiger partial charge on any atom is 0.0903 e. The summed E-state index contributed by atoms with van der Waals surface area (Å²) >= 11 is 0. The van der Waals surface area contributed by atoms with E-state index in [4.69, 9.17) is 4.99 Å². The minimum absolute atomic E-state index is 0.634. The molecule has 1 aliphatic heterocycles. The van der Waals surface area contributed by atoms with Crippen molar-refractivity contribution in [2.75, 3.05) is 13.1 Å². The van der Waals surface area contributed by atoms with Gasteiger partial charge in [0.2, 0.25) is 0 Å². The largest absolute Gasteiger partial charge is 0.314 e. The van der Waals surface area contributed by atoms with E-state index in [0.717, 1.165) is 36.5 Å². The van der Waals surface area contributed by atoms with Crippen molar-refractivity contribution >= 4 is 5.71 Å². The zero-order valence-electron chi connectivity index (χ0n) is 12.2. The molecular formula is C18H21N3. The molecule has 1 unspecified atom stereocenters. The van der Waals surface area contributed by atoms with Crippen LogP contribution in [0.5, 0.6) is 0 Å². The SMILES string of the molecule is c1ccc(C(=NCCC2CCCN2)c2ccccn2)cc1. The molecule has 1 atom stereocenters. The molecule has 1 aliphatic rings. The Morgan fingerprint density at radius 1 is 1.14 bits per heavy atom. The van der Waals surface area contributed by atoms with E-state index in [-0.39, 0.29) is 0 Å². The first-order valence-electron chi connectivity index (χ1n) is 7.68. The number of nitrogens with zero attached hydrogens (tertiary/aromatic N) is 2. The topological polar surface area (TPSA) is 37.3 Å². The van der Waals surface area contributed by atoms with Gasteiger partial charge < -0.3 is 5.32 Å². The Balaban J connectivity index is 1.78. The first kappa shape index (κ1) is 14.0. The van der Waals surface area contributed by atoms with Gasteiger partial charge in [-0.25, -0.2) is 0 Å². The normalized spacial score (nSPS) is 18.9. The van der Waals surface area contributed by atoms with Crippen LogP contribution in [-0.2, 0) is 0 Å². The predicted molar refractivity (Wildman–Crippen MR) is 86.8 cm³/mol. The summed E-state index contributed by atoms with van der Waals surface area (Å²) in [5.41, 5.74) is 3.08. The lowest BCUT2D eigenvalue weighted by Crippen LogP contribution is -2.22. The Bertz CT molecular complexity index is 530. The van der Waals surface area contributed by atoms with Crippen LogP contribution in [0, 0.1) is 0 Å². The van der Waals surface area contributed by atoms with Crippen molar-refractivity contribution in [2.45, 2.75) is 25.3 Å². The zero-order chi connectivity index (χ0) is 14.3. The van der Waals surface area contributed by atoms with E-state index < -0.39 is 0 Å². The third-order valence-corrected chi connectivity index (χ3v) is 3.86. The highest BCUT2D eigenvalue weighted by Gasteiger charge is 2.13. The molecule has 3 rings (SSSR count). The molecule has 3 nitrogen and oxygen atoms in total. The molecule has 1 aromatic heterocycles. The smallest absolute Gasteiger partial charge is 0.0903 e. The fourth-order valence-corrected chi connectivity index (χ4v) is 2.75. The first-order valence-corrected chi connectivity index (χ1v) is 7.68. The van der Waals surface area contributed by atoms with Crippen molar-refractivity contribution in [3.05, 3.63) is 66.0 Å². The van der Waals surface area contributed by atoms with Crippen LogP contribution < -0.4 is 5.32 Å². The second-order valence-electron chi connectivity index (χ2n) is 5.39. The van der Waals surface area contributed by atoms with Gasteiger partial charge >= 0.3 is 0 Å². The number of benzene rings is 1. The van der Waals surface area contributed by atoms with Crippen LogP contribution in [0.3, 0.4) is 0 Å². The fourth-order valence-electron chi connectivity index (χ4n) is 2.75. The van der Waals surface area contributed by atoms with Gasteiger partial charge in [-0.2, -0.15) is 0 Å². The van der Waals surface area contributed by atoms with Gasteiger partial charge in [0.25, 0.3) is 0 Å². The molecule has 0 saturated carbocycles. The van der Waals surface area contributed by atoms with Crippen molar-refractivity contribution in [2.24, 2.45) is 4.99 Å². The van der Waals surface area contributed by atoms with Crippen LogP contribution in [0.4, 0.5) is 0 Å². The molecule has 21 heavy (non-hydrogen) atoms. The van der Waals surface area contributed by atoms with E-state index in [1.54, 1.807) is 0 Å². The van der Waals surface area contributed by atoms with E-state index in [1.807, 2.05) is 42.6 Å². The molecule has 2 heterocycles. The lowest BCUT2D eigenvalue weighted by molar-refractivity contribution is 0.567. The van der Waals surface area contributed by atoms with Gasteiger partial charge in [0, 0.05) is 24.3 Å². The summed E-state index contributed by atoms with van der Waals surface area (Å²) in [5, 5.41) is 3.52. The van der Waals surface area contributed by atoms with Crippen LogP contribution >= 0.6 is 0 Å². The summed E-state index contributed by atoms with van der Waals surface area (Å²) in [4.78, 5) is 9.30. The molecule has 0 aliphatic carbocycles. The molecule has 1 aromatic carbocycles. The highest BCUT2D eigenvalue weighted by atomic mass is 14.9. The fraction of sp³-hybridized carbons (Fsp3) is 0.333. The Morgan fingerprint density at radius 3 is 2.71 bits per heavy atom. The number of nitrogens with one attached hydrogen (secondary N) is 1. The van der Waals surface area contributed by atoms with E-state index in [1.165, 1.54) is 12.8 Å². The van der Waals surface area contributed by atoms with Crippen molar-refractivity contribution < 1.29 is 0 Å². The summed E-state index contributed by atoms with van der Waals surface area (Å²) in [7, 11) is 0. The van der Waals surface area contributed by atoms with Crippen LogP contribution in [0.2, 0.25) is 0 Å². The van der Waals surface area contributed by atoms with E-state index >= 15 is 0 Å². The number of pyridine rings is 1. The number of hydrogen-bond donors (Lipinski definition) is 1. The van der Waals surface area contributed by atoms with Gasteiger partial charge in [-0.1, -0.05) is 36.4 Å². The third kappa shape index (κ3) is 3.76. The van der Waals surface area contributed by atoms with Crippen molar-refractivity contribution in [3.8, 4) is 0 Å². The molecule has 0 amide bonds. The molecular weight excluding hydrogens is 258 g/mol. The minimum atomic E-state index is 0.634. The highest BCUT2D eigenvalue weighted by molar-refractivity contribution is 6.11. The summed E-state index contributed by atoms with van der Waals surface area (Å²) in [6.45, 7) is 2.00. The quantitative estimate of drug-likeness (QED) is 0.854. The average molecular weight is 279 g/mol. The number of aliphatic imine (C=N–C) groups is 1. The van der Waals surface area contributed by atoms with E-state index in [9.17, 15) is 0 Å². The molecule has 0 spiro atoms.